The Kier molecular flexibility index (Phi) is 3.96. The highest BCUT2D eigenvalue weighted by molar-refractivity contribution is 7.11. The van der Waals surface area contributed by atoms with E-state index in [0.717, 1.165) is 4.88 Å². The Morgan fingerprint density at radius 3 is 2.68 bits per heavy atom. The second-order valence-electron chi connectivity index (χ2n) is 3.97. The highest BCUT2D eigenvalue weighted by Crippen LogP contribution is 2.22. The molecule has 100 valence electrons. The molecule has 0 bridgehead atoms. The van der Waals surface area contributed by atoms with Crippen molar-refractivity contribution < 1.29 is 4.92 Å². The first kappa shape index (κ1) is 13.3. The van der Waals surface area contributed by atoms with Crippen LogP contribution in [-0.2, 0) is 6.54 Å². The summed E-state index contributed by atoms with van der Waals surface area (Å²) in [6.07, 6.45) is 0. The highest BCUT2D eigenvalue weighted by Gasteiger charge is 2.10. The molecule has 6 nitrogen and oxygen atoms in total. The van der Waals surface area contributed by atoms with Crippen molar-refractivity contribution in [1.82, 2.24) is 4.98 Å². The van der Waals surface area contributed by atoms with Gasteiger partial charge in [0.2, 0.25) is 0 Å². The molecule has 2 heterocycles. The third kappa shape index (κ3) is 3.41. The van der Waals surface area contributed by atoms with E-state index in [2.05, 4.69) is 15.6 Å². The van der Waals surface area contributed by atoms with Crippen LogP contribution >= 0.6 is 11.3 Å². The Bertz CT molecular complexity index is 597. The molecule has 0 radical (unpaired) electrons. The minimum atomic E-state index is -0.428. The molecule has 2 aromatic heterocycles. The Hall–Kier alpha value is -2.15. The first-order valence-corrected chi connectivity index (χ1v) is 6.53. The topological polar surface area (TPSA) is 80.1 Å². The number of pyridine rings is 1. The van der Waals surface area contributed by atoms with Crippen LogP contribution < -0.4 is 10.6 Å². The zero-order valence-corrected chi connectivity index (χ0v) is 11.5. The van der Waals surface area contributed by atoms with E-state index in [1.807, 2.05) is 19.1 Å². The van der Waals surface area contributed by atoms with Gasteiger partial charge in [0, 0.05) is 16.8 Å². The van der Waals surface area contributed by atoms with Gasteiger partial charge in [0.25, 0.3) is 5.69 Å². The van der Waals surface area contributed by atoms with Crippen LogP contribution in [0.2, 0.25) is 0 Å². The third-order valence-electron chi connectivity index (χ3n) is 2.52. The minimum absolute atomic E-state index is 0.0178. The largest absolute Gasteiger partial charge is 0.373 e. The number of nitro groups is 1. The van der Waals surface area contributed by atoms with Gasteiger partial charge in [-0.1, -0.05) is 0 Å². The molecular formula is C12H14N4O2S. The molecule has 0 saturated carbocycles. The van der Waals surface area contributed by atoms with E-state index in [1.54, 1.807) is 18.4 Å². The normalized spacial score (nSPS) is 10.2. The smallest absolute Gasteiger partial charge is 0.276 e. The maximum absolute atomic E-state index is 10.8. The van der Waals surface area contributed by atoms with Gasteiger partial charge in [0.05, 0.1) is 23.6 Å². The lowest BCUT2D eigenvalue weighted by molar-refractivity contribution is -0.384. The van der Waals surface area contributed by atoms with Crippen molar-refractivity contribution in [3.05, 3.63) is 44.1 Å². The van der Waals surface area contributed by atoms with Crippen LogP contribution in [0.15, 0.2) is 24.3 Å². The average Bonchev–Trinajstić information content (AvgIpc) is 2.81. The molecule has 0 spiro atoms. The summed E-state index contributed by atoms with van der Waals surface area (Å²) >= 11 is 1.69. The molecule has 19 heavy (non-hydrogen) atoms. The van der Waals surface area contributed by atoms with E-state index in [0.29, 0.717) is 18.2 Å². The number of thiophene rings is 1. The van der Waals surface area contributed by atoms with Crippen LogP contribution in [0.3, 0.4) is 0 Å². The lowest BCUT2D eigenvalue weighted by Crippen LogP contribution is -2.03. The Balaban J connectivity index is 2.15. The summed E-state index contributed by atoms with van der Waals surface area (Å²) in [4.78, 5) is 17.0. The van der Waals surface area contributed by atoms with E-state index in [1.165, 1.54) is 17.0 Å². The quantitative estimate of drug-likeness (QED) is 0.649. The fourth-order valence-corrected chi connectivity index (χ4v) is 2.43. The zero-order chi connectivity index (χ0) is 13.8. The SMILES string of the molecule is CNc1cc([N+](=O)[O-])cc(NCc2ccc(C)s2)n1. The van der Waals surface area contributed by atoms with E-state index in [-0.39, 0.29) is 5.69 Å². The summed E-state index contributed by atoms with van der Waals surface area (Å²) in [6.45, 7) is 2.65. The molecule has 2 N–H and O–H groups in total. The van der Waals surface area contributed by atoms with Crippen molar-refractivity contribution in [3.8, 4) is 0 Å². The fraction of sp³-hybridized carbons (Fsp3) is 0.250. The van der Waals surface area contributed by atoms with Crippen molar-refractivity contribution in [2.45, 2.75) is 13.5 Å². The first-order chi connectivity index (χ1) is 9.08. The summed E-state index contributed by atoms with van der Waals surface area (Å²) in [7, 11) is 1.68. The third-order valence-corrected chi connectivity index (χ3v) is 3.52. The van der Waals surface area contributed by atoms with E-state index in [9.17, 15) is 10.1 Å². The van der Waals surface area contributed by atoms with Gasteiger partial charge < -0.3 is 10.6 Å². The maximum Gasteiger partial charge on any atom is 0.276 e. The second-order valence-corrected chi connectivity index (χ2v) is 5.34. The predicted octanol–water partition coefficient (Wildman–Crippen LogP) is 3.01. The molecule has 0 amide bonds. The van der Waals surface area contributed by atoms with Crippen LogP contribution in [0.1, 0.15) is 9.75 Å². The lowest BCUT2D eigenvalue weighted by atomic mass is 10.3. The number of nitrogens with one attached hydrogen (secondary N) is 2. The predicted molar refractivity (Wildman–Crippen MR) is 76.8 cm³/mol. The number of nitrogens with zero attached hydrogens (tertiary/aromatic N) is 2. The van der Waals surface area contributed by atoms with Crippen LogP contribution in [0, 0.1) is 17.0 Å². The van der Waals surface area contributed by atoms with Gasteiger partial charge in [-0.2, -0.15) is 0 Å². The number of rotatable bonds is 5. The molecule has 2 rings (SSSR count). The summed E-state index contributed by atoms with van der Waals surface area (Å²) < 4.78 is 0. The Morgan fingerprint density at radius 2 is 2.11 bits per heavy atom. The highest BCUT2D eigenvalue weighted by atomic mass is 32.1. The van der Waals surface area contributed by atoms with E-state index in [4.69, 9.17) is 0 Å². The molecule has 0 aromatic carbocycles. The standard InChI is InChI=1S/C12H14N4O2S/c1-8-3-4-10(19-8)7-14-12-6-9(16(17)18)5-11(13-2)15-12/h3-6H,7H2,1-2H3,(H2,13,14,15). The van der Waals surface area contributed by atoms with Crippen molar-refractivity contribution in [1.29, 1.82) is 0 Å². The molecule has 0 aliphatic carbocycles. The first-order valence-electron chi connectivity index (χ1n) is 5.72. The molecule has 0 aliphatic heterocycles. The fourth-order valence-electron chi connectivity index (χ4n) is 1.60. The van der Waals surface area contributed by atoms with E-state index < -0.39 is 4.92 Å². The van der Waals surface area contributed by atoms with Crippen molar-refractivity contribution in [2.24, 2.45) is 0 Å². The van der Waals surface area contributed by atoms with Gasteiger partial charge in [-0.15, -0.1) is 11.3 Å². The molecule has 7 heteroatoms. The summed E-state index contributed by atoms with van der Waals surface area (Å²) in [5.74, 6) is 0.962. The molecular weight excluding hydrogens is 264 g/mol. The number of aromatic nitrogens is 1. The van der Waals surface area contributed by atoms with Crippen LogP contribution in [-0.4, -0.2) is 17.0 Å². The van der Waals surface area contributed by atoms with Crippen molar-refractivity contribution >= 4 is 28.7 Å². The monoisotopic (exact) mass is 278 g/mol. The van der Waals surface area contributed by atoms with Gasteiger partial charge in [-0.05, 0) is 19.1 Å². The van der Waals surface area contributed by atoms with Crippen LogP contribution in [0.25, 0.3) is 0 Å². The van der Waals surface area contributed by atoms with Gasteiger partial charge in [-0.25, -0.2) is 4.98 Å². The molecule has 0 unspecified atom stereocenters. The Morgan fingerprint density at radius 1 is 1.37 bits per heavy atom. The van der Waals surface area contributed by atoms with Gasteiger partial charge in [0.1, 0.15) is 11.6 Å². The molecule has 0 saturated heterocycles. The van der Waals surface area contributed by atoms with E-state index >= 15 is 0 Å². The van der Waals surface area contributed by atoms with Gasteiger partial charge in [0.15, 0.2) is 0 Å². The van der Waals surface area contributed by atoms with Crippen molar-refractivity contribution in [3.63, 3.8) is 0 Å². The van der Waals surface area contributed by atoms with Gasteiger partial charge in [-0.3, -0.25) is 10.1 Å². The van der Waals surface area contributed by atoms with Crippen LogP contribution in [0.4, 0.5) is 17.3 Å². The summed E-state index contributed by atoms with van der Waals surface area (Å²) in [6, 6.07) is 6.91. The Labute approximate surface area is 114 Å². The van der Waals surface area contributed by atoms with Crippen LogP contribution in [0.5, 0.6) is 0 Å². The average molecular weight is 278 g/mol. The summed E-state index contributed by atoms with van der Waals surface area (Å²) in [5, 5.41) is 16.7. The molecule has 2 aromatic rings. The van der Waals surface area contributed by atoms with Gasteiger partial charge >= 0.3 is 0 Å². The number of hydrogen-bond acceptors (Lipinski definition) is 6. The number of aryl methyl sites for hydroxylation is 1. The second kappa shape index (κ2) is 5.66. The molecule has 0 aliphatic rings. The zero-order valence-electron chi connectivity index (χ0n) is 10.6. The molecule has 0 fully saturated rings. The number of hydrogen-bond donors (Lipinski definition) is 2. The maximum atomic E-state index is 10.8. The lowest BCUT2D eigenvalue weighted by Gasteiger charge is -2.06. The summed E-state index contributed by atoms with van der Waals surface area (Å²) in [5.41, 5.74) is 0.0178. The minimum Gasteiger partial charge on any atom is -0.373 e. The molecule has 0 atom stereocenters. The number of anilines is 2. The van der Waals surface area contributed by atoms with Crippen molar-refractivity contribution in [2.75, 3.05) is 17.7 Å².